The molecule has 0 amide bonds. The first kappa shape index (κ1) is 12.4. The summed E-state index contributed by atoms with van der Waals surface area (Å²) < 4.78 is 1.06. The van der Waals surface area contributed by atoms with Gasteiger partial charge >= 0.3 is 0 Å². The molecular weight excluding hydrogens is 333 g/mol. The van der Waals surface area contributed by atoms with Crippen LogP contribution in [0, 0.1) is 3.57 Å². The maximum absolute atomic E-state index is 5.92. The molecule has 0 aromatic carbocycles. The van der Waals surface area contributed by atoms with E-state index in [0.717, 1.165) is 20.9 Å². The Hall–Kier alpha value is -0.0400. The standard InChI is InChI=1S/C11H16IN3S/c1-2-5-16-6-8-14-10(7-3-4-7)9(12)11(13)15-8/h7H,2-6H2,1H3,(H2,13,14,15). The van der Waals surface area contributed by atoms with Gasteiger partial charge in [-0.1, -0.05) is 6.92 Å². The molecule has 0 unspecified atom stereocenters. The zero-order chi connectivity index (χ0) is 11.5. The van der Waals surface area contributed by atoms with Crippen molar-refractivity contribution in [2.45, 2.75) is 37.9 Å². The van der Waals surface area contributed by atoms with Crippen molar-refractivity contribution in [3.8, 4) is 0 Å². The van der Waals surface area contributed by atoms with E-state index < -0.39 is 0 Å². The Balaban J connectivity index is 2.13. The van der Waals surface area contributed by atoms with E-state index in [4.69, 9.17) is 5.73 Å². The first-order valence-electron chi connectivity index (χ1n) is 5.62. The van der Waals surface area contributed by atoms with Crippen molar-refractivity contribution in [2.75, 3.05) is 11.5 Å². The topological polar surface area (TPSA) is 51.8 Å². The third-order valence-corrected chi connectivity index (χ3v) is 4.76. The molecule has 1 heterocycles. The fourth-order valence-electron chi connectivity index (χ4n) is 1.53. The molecule has 0 bridgehead atoms. The average molecular weight is 349 g/mol. The molecule has 1 saturated carbocycles. The van der Waals surface area contributed by atoms with Crippen LogP contribution in [0.15, 0.2) is 0 Å². The first-order chi connectivity index (χ1) is 7.72. The summed E-state index contributed by atoms with van der Waals surface area (Å²) in [6.07, 6.45) is 3.71. The highest BCUT2D eigenvalue weighted by Crippen LogP contribution is 2.41. The molecule has 0 saturated heterocycles. The molecule has 0 spiro atoms. The number of nitrogen functional groups attached to an aromatic ring is 1. The van der Waals surface area contributed by atoms with Crippen LogP contribution in [-0.2, 0) is 5.75 Å². The highest BCUT2D eigenvalue weighted by atomic mass is 127. The van der Waals surface area contributed by atoms with Gasteiger partial charge in [-0.2, -0.15) is 11.8 Å². The molecule has 2 rings (SSSR count). The van der Waals surface area contributed by atoms with Gasteiger partial charge in [0.2, 0.25) is 0 Å². The molecular formula is C11H16IN3S. The van der Waals surface area contributed by atoms with Crippen molar-refractivity contribution < 1.29 is 0 Å². The van der Waals surface area contributed by atoms with Crippen LogP contribution in [-0.4, -0.2) is 15.7 Å². The Morgan fingerprint density at radius 3 is 2.81 bits per heavy atom. The minimum Gasteiger partial charge on any atom is -0.383 e. The van der Waals surface area contributed by atoms with Gasteiger partial charge in [-0.15, -0.1) is 0 Å². The Labute approximate surface area is 114 Å². The Kier molecular flexibility index (Phi) is 4.29. The van der Waals surface area contributed by atoms with Crippen molar-refractivity contribution in [2.24, 2.45) is 0 Å². The minimum atomic E-state index is 0.645. The number of nitrogens with two attached hydrogens (primary N) is 1. The smallest absolute Gasteiger partial charge is 0.140 e. The Morgan fingerprint density at radius 1 is 1.44 bits per heavy atom. The van der Waals surface area contributed by atoms with Gasteiger partial charge in [0.25, 0.3) is 0 Å². The zero-order valence-electron chi connectivity index (χ0n) is 9.37. The number of anilines is 1. The van der Waals surface area contributed by atoms with Gasteiger partial charge in [0.05, 0.1) is 15.0 Å². The van der Waals surface area contributed by atoms with Gasteiger partial charge in [0.15, 0.2) is 0 Å². The van der Waals surface area contributed by atoms with E-state index in [1.54, 1.807) is 0 Å². The molecule has 1 aliphatic rings. The number of hydrogen-bond donors (Lipinski definition) is 1. The van der Waals surface area contributed by atoms with E-state index in [1.165, 1.54) is 25.0 Å². The van der Waals surface area contributed by atoms with Gasteiger partial charge in [0, 0.05) is 5.92 Å². The van der Waals surface area contributed by atoms with Crippen molar-refractivity contribution >= 4 is 40.2 Å². The van der Waals surface area contributed by atoms with Gasteiger partial charge < -0.3 is 5.73 Å². The molecule has 3 nitrogen and oxygen atoms in total. The predicted octanol–water partition coefficient (Wildman–Crippen LogP) is 3.18. The molecule has 1 aromatic rings. The van der Waals surface area contributed by atoms with Gasteiger partial charge in [-0.05, 0) is 47.6 Å². The van der Waals surface area contributed by atoms with Crippen molar-refractivity contribution in [3.05, 3.63) is 15.1 Å². The third kappa shape index (κ3) is 3.00. The van der Waals surface area contributed by atoms with Crippen molar-refractivity contribution in [1.82, 2.24) is 9.97 Å². The number of rotatable bonds is 5. The maximum Gasteiger partial charge on any atom is 0.140 e. The van der Waals surface area contributed by atoms with E-state index in [-0.39, 0.29) is 0 Å². The Bertz CT molecular complexity index is 380. The second-order valence-corrected chi connectivity index (χ2v) is 6.24. The van der Waals surface area contributed by atoms with E-state index in [1.807, 2.05) is 11.8 Å². The average Bonchev–Trinajstić information content (AvgIpc) is 3.07. The lowest BCUT2D eigenvalue weighted by molar-refractivity contribution is 0.923. The normalized spacial score (nSPS) is 15.4. The largest absolute Gasteiger partial charge is 0.383 e. The van der Waals surface area contributed by atoms with Crippen LogP contribution in [0.2, 0.25) is 0 Å². The van der Waals surface area contributed by atoms with Gasteiger partial charge in [0.1, 0.15) is 11.6 Å². The van der Waals surface area contributed by atoms with Crippen molar-refractivity contribution in [3.63, 3.8) is 0 Å². The number of aromatic nitrogens is 2. The number of hydrogen-bond acceptors (Lipinski definition) is 4. The summed E-state index contributed by atoms with van der Waals surface area (Å²) in [4.78, 5) is 9.00. The van der Waals surface area contributed by atoms with Crippen LogP contribution in [0.4, 0.5) is 5.82 Å². The number of nitrogens with zero attached hydrogens (tertiary/aromatic N) is 2. The summed E-state index contributed by atoms with van der Waals surface area (Å²) in [5.41, 5.74) is 7.10. The summed E-state index contributed by atoms with van der Waals surface area (Å²) in [5.74, 6) is 4.25. The molecule has 5 heteroatoms. The van der Waals surface area contributed by atoms with Crippen LogP contribution >= 0.6 is 34.4 Å². The highest BCUT2D eigenvalue weighted by Gasteiger charge is 2.28. The van der Waals surface area contributed by atoms with Crippen LogP contribution < -0.4 is 5.73 Å². The zero-order valence-corrected chi connectivity index (χ0v) is 12.3. The lowest BCUT2D eigenvalue weighted by Crippen LogP contribution is -2.06. The van der Waals surface area contributed by atoms with Crippen LogP contribution in [0.3, 0.4) is 0 Å². The van der Waals surface area contributed by atoms with Crippen LogP contribution in [0.1, 0.15) is 43.6 Å². The lowest BCUT2D eigenvalue weighted by Gasteiger charge is -2.07. The molecule has 16 heavy (non-hydrogen) atoms. The lowest BCUT2D eigenvalue weighted by atomic mass is 10.3. The van der Waals surface area contributed by atoms with Crippen LogP contribution in [0.5, 0.6) is 0 Å². The maximum atomic E-state index is 5.92. The highest BCUT2D eigenvalue weighted by molar-refractivity contribution is 14.1. The monoisotopic (exact) mass is 349 g/mol. The summed E-state index contributed by atoms with van der Waals surface area (Å²) in [5, 5.41) is 0. The van der Waals surface area contributed by atoms with Crippen LogP contribution in [0.25, 0.3) is 0 Å². The first-order valence-corrected chi connectivity index (χ1v) is 7.85. The summed E-state index contributed by atoms with van der Waals surface area (Å²) in [7, 11) is 0. The van der Waals surface area contributed by atoms with Gasteiger partial charge in [-0.3, -0.25) is 0 Å². The molecule has 88 valence electrons. The Morgan fingerprint density at radius 2 is 2.19 bits per heavy atom. The molecule has 2 N–H and O–H groups in total. The molecule has 1 aliphatic carbocycles. The number of thioether (sulfide) groups is 1. The number of halogens is 1. The van der Waals surface area contributed by atoms with E-state index in [2.05, 4.69) is 39.5 Å². The van der Waals surface area contributed by atoms with E-state index >= 15 is 0 Å². The van der Waals surface area contributed by atoms with Gasteiger partial charge in [-0.25, -0.2) is 9.97 Å². The molecule has 0 aliphatic heterocycles. The third-order valence-electron chi connectivity index (χ3n) is 2.49. The fraction of sp³-hybridized carbons (Fsp3) is 0.636. The second-order valence-electron chi connectivity index (χ2n) is 4.05. The summed E-state index contributed by atoms with van der Waals surface area (Å²) in [6.45, 7) is 2.19. The quantitative estimate of drug-likeness (QED) is 0.655. The molecule has 1 fully saturated rings. The van der Waals surface area contributed by atoms with E-state index in [9.17, 15) is 0 Å². The predicted molar refractivity (Wildman–Crippen MR) is 77.6 cm³/mol. The second kappa shape index (κ2) is 5.53. The SMILES string of the molecule is CCCSCc1nc(N)c(I)c(C2CC2)n1. The van der Waals surface area contributed by atoms with E-state index in [0.29, 0.717) is 11.7 Å². The summed E-state index contributed by atoms with van der Waals surface area (Å²) in [6, 6.07) is 0. The molecule has 1 aromatic heterocycles. The molecule has 0 atom stereocenters. The molecule has 0 radical (unpaired) electrons. The van der Waals surface area contributed by atoms with Crippen molar-refractivity contribution in [1.29, 1.82) is 0 Å². The summed E-state index contributed by atoms with van der Waals surface area (Å²) >= 11 is 4.14. The minimum absolute atomic E-state index is 0.645. The fourth-order valence-corrected chi connectivity index (χ4v) is 2.96.